The van der Waals surface area contributed by atoms with Gasteiger partial charge >= 0.3 is 0 Å². The minimum absolute atomic E-state index is 0.224. The van der Waals surface area contributed by atoms with Gasteiger partial charge in [0.15, 0.2) is 16.6 Å². The molecule has 1 aliphatic carbocycles. The standard InChI is InChI=1S/C34H32BrN3O6S/c1-40-22-10-6-19(7-11-22)18-38-30(21-16-25(42-3)31(44-5)26(17-21)43-4)24-14-15-27-29(28(24)32(38)35)36-34(45-27)37-33(39)20-8-12-23(41-2)13-9-20/h6-13,16-17H,14-15,18H2,1-5H3,(H,36,37,39). The number of thiazole rings is 1. The predicted octanol–water partition coefficient (Wildman–Crippen LogP) is 7.48. The first-order valence-electron chi connectivity index (χ1n) is 14.2. The fraction of sp³-hybridized carbons (Fsp3) is 0.235. The number of ether oxygens (including phenoxy) is 5. The molecule has 0 saturated heterocycles. The number of anilines is 1. The van der Waals surface area contributed by atoms with E-state index in [2.05, 4.69) is 37.9 Å². The van der Waals surface area contributed by atoms with Crippen molar-refractivity contribution in [3.63, 3.8) is 0 Å². The second-order valence-corrected chi connectivity index (χ2v) is 12.1. The van der Waals surface area contributed by atoms with Crippen LogP contribution in [0.15, 0.2) is 65.3 Å². The topological polar surface area (TPSA) is 93.1 Å². The number of rotatable bonds is 10. The fourth-order valence-electron chi connectivity index (χ4n) is 5.65. The summed E-state index contributed by atoms with van der Waals surface area (Å²) < 4.78 is 30.8. The lowest BCUT2D eigenvalue weighted by atomic mass is 9.93. The van der Waals surface area contributed by atoms with E-state index in [0.29, 0.717) is 40.2 Å². The van der Waals surface area contributed by atoms with Gasteiger partial charge in [0.1, 0.15) is 11.5 Å². The van der Waals surface area contributed by atoms with Crippen molar-refractivity contribution in [3.8, 4) is 51.3 Å². The average Bonchev–Trinajstić information content (AvgIpc) is 3.61. The molecule has 11 heteroatoms. The molecule has 45 heavy (non-hydrogen) atoms. The van der Waals surface area contributed by atoms with Crippen molar-refractivity contribution in [1.82, 2.24) is 9.55 Å². The highest BCUT2D eigenvalue weighted by atomic mass is 79.9. The second kappa shape index (κ2) is 12.9. The number of nitrogens with one attached hydrogen (secondary N) is 1. The van der Waals surface area contributed by atoms with Crippen LogP contribution in [0.2, 0.25) is 0 Å². The number of nitrogens with zero attached hydrogens (tertiary/aromatic N) is 2. The summed E-state index contributed by atoms with van der Waals surface area (Å²) in [5.41, 5.74) is 6.59. The Morgan fingerprint density at radius 2 is 1.49 bits per heavy atom. The van der Waals surface area contributed by atoms with Gasteiger partial charge in [-0.15, -0.1) is 11.3 Å². The Morgan fingerprint density at radius 1 is 0.867 bits per heavy atom. The molecule has 2 heterocycles. The highest BCUT2D eigenvalue weighted by Crippen LogP contribution is 2.50. The highest BCUT2D eigenvalue weighted by Gasteiger charge is 2.32. The Bertz CT molecular complexity index is 1840. The van der Waals surface area contributed by atoms with Gasteiger partial charge in [0.2, 0.25) is 5.75 Å². The minimum Gasteiger partial charge on any atom is -0.497 e. The lowest BCUT2D eigenvalue weighted by Gasteiger charge is -2.18. The van der Waals surface area contributed by atoms with Gasteiger partial charge in [0.05, 0.1) is 51.5 Å². The smallest absolute Gasteiger partial charge is 0.257 e. The molecule has 2 aromatic heterocycles. The number of benzene rings is 3. The second-order valence-electron chi connectivity index (χ2n) is 10.3. The van der Waals surface area contributed by atoms with E-state index in [4.69, 9.17) is 28.7 Å². The van der Waals surface area contributed by atoms with Crippen LogP contribution in [0, 0.1) is 0 Å². The monoisotopic (exact) mass is 689 g/mol. The number of aromatic nitrogens is 2. The van der Waals surface area contributed by atoms with Crippen molar-refractivity contribution >= 4 is 38.3 Å². The number of carbonyl (C=O) groups excluding carboxylic acids is 1. The van der Waals surface area contributed by atoms with Gasteiger partial charge in [-0.05, 0) is 88.4 Å². The molecule has 0 radical (unpaired) electrons. The maximum atomic E-state index is 13.1. The molecule has 0 unspecified atom stereocenters. The Labute approximate surface area is 273 Å². The number of carbonyl (C=O) groups is 1. The number of hydrogen-bond donors (Lipinski definition) is 1. The van der Waals surface area contributed by atoms with Gasteiger partial charge < -0.3 is 28.3 Å². The first kappa shape index (κ1) is 30.5. The van der Waals surface area contributed by atoms with Crippen molar-refractivity contribution < 1.29 is 28.5 Å². The van der Waals surface area contributed by atoms with E-state index < -0.39 is 0 Å². The van der Waals surface area contributed by atoms with Crippen LogP contribution in [-0.4, -0.2) is 51.0 Å². The van der Waals surface area contributed by atoms with Gasteiger partial charge in [0.25, 0.3) is 5.91 Å². The van der Waals surface area contributed by atoms with Crippen molar-refractivity contribution in [3.05, 3.63) is 86.8 Å². The number of halogens is 1. The van der Waals surface area contributed by atoms with Crippen LogP contribution in [0.1, 0.15) is 26.4 Å². The Morgan fingerprint density at radius 3 is 2.07 bits per heavy atom. The summed E-state index contributed by atoms with van der Waals surface area (Å²) in [7, 11) is 8.09. The Hall–Kier alpha value is -4.48. The number of hydrogen-bond acceptors (Lipinski definition) is 8. The van der Waals surface area contributed by atoms with Crippen molar-refractivity contribution in [2.75, 3.05) is 40.9 Å². The fourth-order valence-corrected chi connectivity index (χ4v) is 7.35. The molecule has 3 aromatic carbocycles. The molecule has 6 rings (SSSR count). The molecular weight excluding hydrogens is 658 g/mol. The Kier molecular flexibility index (Phi) is 8.73. The molecule has 0 spiro atoms. The molecule has 9 nitrogen and oxygen atoms in total. The van der Waals surface area contributed by atoms with E-state index >= 15 is 0 Å². The van der Waals surface area contributed by atoms with Crippen LogP contribution in [0.4, 0.5) is 5.13 Å². The zero-order chi connectivity index (χ0) is 31.7. The third-order valence-corrected chi connectivity index (χ3v) is 9.70. The lowest BCUT2D eigenvalue weighted by molar-refractivity contribution is 0.102. The molecular formula is C34H32BrN3O6S. The van der Waals surface area contributed by atoms with Crippen LogP contribution in [-0.2, 0) is 19.4 Å². The van der Waals surface area contributed by atoms with E-state index in [-0.39, 0.29) is 5.91 Å². The maximum Gasteiger partial charge on any atom is 0.257 e. The number of methoxy groups -OCH3 is 5. The van der Waals surface area contributed by atoms with Gasteiger partial charge in [-0.1, -0.05) is 12.1 Å². The highest BCUT2D eigenvalue weighted by molar-refractivity contribution is 9.10. The molecule has 1 aliphatic rings. The van der Waals surface area contributed by atoms with Crippen molar-refractivity contribution in [1.29, 1.82) is 0 Å². The van der Waals surface area contributed by atoms with Gasteiger partial charge in [-0.3, -0.25) is 10.1 Å². The van der Waals surface area contributed by atoms with Crippen molar-refractivity contribution in [2.24, 2.45) is 0 Å². The summed E-state index contributed by atoms with van der Waals surface area (Å²) in [6, 6.07) is 19.0. The van der Waals surface area contributed by atoms with E-state index in [0.717, 1.165) is 61.7 Å². The first-order valence-corrected chi connectivity index (χ1v) is 15.8. The lowest BCUT2D eigenvalue weighted by Crippen LogP contribution is -2.11. The largest absolute Gasteiger partial charge is 0.497 e. The SMILES string of the molecule is COc1ccc(Cn2c(Br)c3c(c2-c2cc(OC)c(OC)c(OC)c2)CCc2sc(NC(=O)c4ccc(OC)cc4)nc2-3)cc1. The quantitative estimate of drug-likeness (QED) is 0.162. The molecule has 0 fully saturated rings. The molecule has 0 bridgehead atoms. The van der Waals surface area contributed by atoms with E-state index in [1.165, 1.54) is 11.3 Å². The number of amides is 1. The summed E-state index contributed by atoms with van der Waals surface area (Å²) in [6.07, 6.45) is 1.57. The summed E-state index contributed by atoms with van der Waals surface area (Å²) in [5, 5.41) is 3.55. The normalized spacial score (nSPS) is 11.8. The van der Waals surface area contributed by atoms with Gasteiger partial charge in [-0.25, -0.2) is 4.98 Å². The molecule has 0 saturated carbocycles. The molecule has 1 N–H and O–H groups in total. The first-order chi connectivity index (χ1) is 21.9. The Balaban J connectivity index is 1.46. The summed E-state index contributed by atoms with van der Waals surface area (Å²) >= 11 is 5.47. The third kappa shape index (κ3) is 5.73. The zero-order valence-corrected chi connectivity index (χ0v) is 27.9. The summed E-state index contributed by atoms with van der Waals surface area (Å²) in [4.78, 5) is 19.1. The number of aryl methyl sites for hydroxylation is 1. The van der Waals surface area contributed by atoms with Crippen molar-refractivity contribution in [2.45, 2.75) is 19.4 Å². The third-order valence-electron chi connectivity index (χ3n) is 7.85. The predicted molar refractivity (Wildman–Crippen MR) is 179 cm³/mol. The van der Waals surface area contributed by atoms with Crippen LogP contribution < -0.4 is 29.0 Å². The van der Waals surface area contributed by atoms with E-state index in [1.54, 1.807) is 59.8 Å². The van der Waals surface area contributed by atoms with Gasteiger partial charge in [0, 0.05) is 28.1 Å². The van der Waals surface area contributed by atoms with Crippen LogP contribution in [0.25, 0.3) is 22.5 Å². The molecule has 0 aliphatic heterocycles. The zero-order valence-electron chi connectivity index (χ0n) is 25.5. The van der Waals surface area contributed by atoms with E-state index in [9.17, 15) is 4.79 Å². The van der Waals surface area contributed by atoms with Crippen LogP contribution >= 0.6 is 27.3 Å². The van der Waals surface area contributed by atoms with Crippen LogP contribution in [0.5, 0.6) is 28.7 Å². The van der Waals surface area contributed by atoms with E-state index in [1.807, 2.05) is 24.3 Å². The molecule has 232 valence electrons. The molecule has 1 amide bonds. The average molecular weight is 691 g/mol. The molecule has 0 atom stereocenters. The summed E-state index contributed by atoms with van der Waals surface area (Å²) in [6.45, 7) is 0.587. The van der Waals surface area contributed by atoms with Crippen LogP contribution in [0.3, 0.4) is 0 Å². The number of fused-ring (bicyclic) bond motifs is 3. The van der Waals surface area contributed by atoms with Gasteiger partial charge in [-0.2, -0.15) is 0 Å². The maximum absolute atomic E-state index is 13.1. The minimum atomic E-state index is -0.224. The molecule has 5 aromatic rings. The summed E-state index contributed by atoms with van der Waals surface area (Å²) in [5.74, 6) is 2.94.